The summed E-state index contributed by atoms with van der Waals surface area (Å²) in [6, 6.07) is 5.79. The Bertz CT molecular complexity index is 652. The standard InChI is InChI=1S/C15H18N4O2S/c1-11-3-2-4-13(16-11)18-15-17-12(10-22-15)9-14(20)19-5-7-21-8-6-19/h2-4,10H,5-9H2,1H3,(H,16,17,18). The Balaban J connectivity index is 1.60. The second-order valence-corrected chi connectivity index (χ2v) is 5.96. The number of rotatable bonds is 4. The van der Waals surface area contributed by atoms with Crippen LogP contribution >= 0.6 is 11.3 Å². The van der Waals surface area contributed by atoms with E-state index in [0.717, 1.165) is 22.3 Å². The minimum absolute atomic E-state index is 0.105. The van der Waals surface area contributed by atoms with Crippen molar-refractivity contribution in [1.82, 2.24) is 14.9 Å². The highest BCUT2D eigenvalue weighted by atomic mass is 32.1. The van der Waals surface area contributed by atoms with Gasteiger partial charge in [0.25, 0.3) is 0 Å². The third-order valence-electron chi connectivity index (χ3n) is 3.37. The lowest BCUT2D eigenvalue weighted by atomic mass is 10.3. The molecule has 1 N–H and O–H groups in total. The van der Waals surface area contributed by atoms with Gasteiger partial charge in [-0.25, -0.2) is 9.97 Å². The van der Waals surface area contributed by atoms with Gasteiger partial charge in [0, 0.05) is 24.2 Å². The summed E-state index contributed by atoms with van der Waals surface area (Å²) in [7, 11) is 0. The monoisotopic (exact) mass is 318 g/mol. The number of nitrogens with one attached hydrogen (secondary N) is 1. The molecule has 116 valence electrons. The van der Waals surface area contributed by atoms with E-state index < -0.39 is 0 Å². The van der Waals surface area contributed by atoms with Gasteiger partial charge in [-0.05, 0) is 19.1 Å². The van der Waals surface area contributed by atoms with Gasteiger partial charge in [-0.2, -0.15) is 0 Å². The number of carbonyl (C=O) groups excluding carboxylic acids is 1. The highest BCUT2D eigenvalue weighted by Gasteiger charge is 2.18. The lowest BCUT2D eigenvalue weighted by Crippen LogP contribution is -2.41. The number of pyridine rings is 1. The molecule has 1 amide bonds. The van der Waals surface area contributed by atoms with Crippen LogP contribution in [-0.4, -0.2) is 47.1 Å². The minimum Gasteiger partial charge on any atom is -0.378 e. The molecule has 6 nitrogen and oxygen atoms in total. The summed E-state index contributed by atoms with van der Waals surface area (Å²) in [4.78, 5) is 22.9. The summed E-state index contributed by atoms with van der Waals surface area (Å²) in [6.07, 6.45) is 0.333. The lowest BCUT2D eigenvalue weighted by Gasteiger charge is -2.26. The van der Waals surface area contributed by atoms with Crippen molar-refractivity contribution in [3.8, 4) is 0 Å². The first-order valence-corrected chi connectivity index (χ1v) is 8.09. The van der Waals surface area contributed by atoms with E-state index in [4.69, 9.17) is 4.74 Å². The molecular weight excluding hydrogens is 300 g/mol. The normalized spacial score (nSPS) is 14.9. The fourth-order valence-corrected chi connectivity index (χ4v) is 2.96. The third kappa shape index (κ3) is 3.80. The zero-order chi connectivity index (χ0) is 15.4. The molecule has 3 heterocycles. The summed E-state index contributed by atoms with van der Waals surface area (Å²) < 4.78 is 5.26. The predicted molar refractivity (Wildman–Crippen MR) is 85.5 cm³/mol. The van der Waals surface area contributed by atoms with E-state index in [2.05, 4.69) is 15.3 Å². The molecule has 2 aromatic rings. The van der Waals surface area contributed by atoms with Crippen molar-refractivity contribution in [2.75, 3.05) is 31.6 Å². The number of morpholine rings is 1. The molecule has 1 saturated heterocycles. The van der Waals surface area contributed by atoms with Gasteiger partial charge in [0.15, 0.2) is 5.13 Å². The highest BCUT2D eigenvalue weighted by molar-refractivity contribution is 7.13. The number of aryl methyl sites for hydroxylation is 1. The zero-order valence-corrected chi connectivity index (χ0v) is 13.2. The van der Waals surface area contributed by atoms with E-state index in [9.17, 15) is 4.79 Å². The van der Waals surface area contributed by atoms with Gasteiger partial charge in [-0.1, -0.05) is 6.07 Å². The van der Waals surface area contributed by atoms with Crippen LogP contribution in [0.1, 0.15) is 11.4 Å². The molecule has 22 heavy (non-hydrogen) atoms. The molecule has 0 saturated carbocycles. The Hall–Kier alpha value is -1.99. The Morgan fingerprint density at radius 3 is 2.95 bits per heavy atom. The number of ether oxygens (including phenoxy) is 1. The Morgan fingerprint density at radius 2 is 2.18 bits per heavy atom. The van der Waals surface area contributed by atoms with Crippen molar-refractivity contribution >= 4 is 28.2 Å². The minimum atomic E-state index is 0.105. The first-order valence-electron chi connectivity index (χ1n) is 7.21. The molecular formula is C15H18N4O2S. The van der Waals surface area contributed by atoms with E-state index in [1.54, 1.807) is 0 Å². The van der Waals surface area contributed by atoms with Crippen LogP contribution in [-0.2, 0) is 16.0 Å². The largest absolute Gasteiger partial charge is 0.378 e. The fourth-order valence-electron chi connectivity index (χ4n) is 2.25. The second kappa shape index (κ2) is 6.85. The quantitative estimate of drug-likeness (QED) is 0.934. The third-order valence-corrected chi connectivity index (χ3v) is 4.18. The number of hydrogen-bond acceptors (Lipinski definition) is 6. The Kier molecular flexibility index (Phi) is 4.65. The molecule has 0 aromatic carbocycles. The molecule has 0 bridgehead atoms. The van der Waals surface area contributed by atoms with Crippen molar-refractivity contribution in [3.63, 3.8) is 0 Å². The van der Waals surface area contributed by atoms with Crippen LogP contribution in [0.4, 0.5) is 10.9 Å². The van der Waals surface area contributed by atoms with E-state index in [-0.39, 0.29) is 5.91 Å². The Labute approximate surface area is 133 Å². The second-order valence-electron chi connectivity index (χ2n) is 5.10. The number of carbonyl (C=O) groups is 1. The van der Waals surface area contributed by atoms with Crippen LogP contribution in [0.2, 0.25) is 0 Å². The van der Waals surface area contributed by atoms with Gasteiger partial charge in [-0.3, -0.25) is 4.79 Å². The van der Waals surface area contributed by atoms with Crippen molar-refractivity contribution in [3.05, 3.63) is 35.0 Å². The highest BCUT2D eigenvalue weighted by Crippen LogP contribution is 2.20. The fraction of sp³-hybridized carbons (Fsp3) is 0.400. The first kappa shape index (κ1) is 14.9. The zero-order valence-electron chi connectivity index (χ0n) is 12.4. The number of aromatic nitrogens is 2. The smallest absolute Gasteiger partial charge is 0.228 e. The maximum absolute atomic E-state index is 12.2. The summed E-state index contributed by atoms with van der Waals surface area (Å²) in [5, 5.41) is 5.84. The SMILES string of the molecule is Cc1cccc(Nc2nc(CC(=O)N3CCOCC3)cs2)n1. The number of anilines is 2. The van der Waals surface area contributed by atoms with Gasteiger partial charge in [0.2, 0.25) is 5.91 Å². The van der Waals surface area contributed by atoms with Gasteiger partial charge >= 0.3 is 0 Å². The average Bonchev–Trinajstić information content (AvgIpc) is 2.95. The van der Waals surface area contributed by atoms with Crippen molar-refractivity contribution in [2.45, 2.75) is 13.3 Å². The Morgan fingerprint density at radius 1 is 1.36 bits per heavy atom. The maximum atomic E-state index is 12.2. The summed E-state index contributed by atoms with van der Waals surface area (Å²) in [6.45, 7) is 4.52. The molecule has 1 aliphatic rings. The predicted octanol–water partition coefficient (Wildman–Crippen LogP) is 1.99. The van der Waals surface area contributed by atoms with Crippen molar-refractivity contribution in [2.24, 2.45) is 0 Å². The molecule has 7 heteroatoms. The summed E-state index contributed by atoms with van der Waals surface area (Å²) in [5.41, 5.74) is 1.74. The lowest BCUT2D eigenvalue weighted by molar-refractivity contribution is -0.134. The van der Waals surface area contributed by atoms with Gasteiger partial charge in [0.05, 0.1) is 25.3 Å². The molecule has 1 aliphatic heterocycles. The summed E-state index contributed by atoms with van der Waals surface area (Å²) >= 11 is 1.48. The molecule has 1 fully saturated rings. The van der Waals surface area contributed by atoms with E-state index in [1.807, 2.05) is 35.4 Å². The van der Waals surface area contributed by atoms with Crippen LogP contribution in [0, 0.1) is 6.92 Å². The number of nitrogens with zero attached hydrogens (tertiary/aromatic N) is 3. The van der Waals surface area contributed by atoms with Gasteiger partial charge in [-0.15, -0.1) is 11.3 Å². The topological polar surface area (TPSA) is 67.4 Å². The van der Waals surface area contributed by atoms with Gasteiger partial charge in [0.1, 0.15) is 5.82 Å². The first-order chi connectivity index (χ1) is 10.7. The number of amides is 1. The van der Waals surface area contributed by atoms with Crippen molar-refractivity contribution < 1.29 is 9.53 Å². The van der Waals surface area contributed by atoms with Crippen molar-refractivity contribution in [1.29, 1.82) is 0 Å². The average molecular weight is 318 g/mol. The molecule has 2 aromatic heterocycles. The number of thiazole rings is 1. The maximum Gasteiger partial charge on any atom is 0.228 e. The van der Waals surface area contributed by atoms with Crippen LogP contribution in [0.5, 0.6) is 0 Å². The van der Waals surface area contributed by atoms with Crippen LogP contribution in [0.15, 0.2) is 23.6 Å². The summed E-state index contributed by atoms with van der Waals surface area (Å²) in [5.74, 6) is 0.870. The molecule has 0 atom stereocenters. The molecule has 0 radical (unpaired) electrons. The number of hydrogen-bond donors (Lipinski definition) is 1. The van der Waals surface area contributed by atoms with Crippen LogP contribution in [0.25, 0.3) is 0 Å². The van der Waals surface area contributed by atoms with Crippen LogP contribution in [0.3, 0.4) is 0 Å². The van der Waals surface area contributed by atoms with Gasteiger partial charge < -0.3 is 15.0 Å². The van der Waals surface area contributed by atoms with E-state index >= 15 is 0 Å². The molecule has 3 rings (SSSR count). The molecule has 0 aliphatic carbocycles. The van der Waals surface area contributed by atoms with E-state index in [0.29, 0.717) is 32.7 Å². The molecule has 0 spiro atoms. The molecule has 0 unspecified atom stereocenters. The van der Waals surface area contributed by atoms with Crippen LogP contribution < -0.4 is 5.32 Å². The van der Waals surface area contributed by atoms with E-state index in [1.165, 1.54) is 11.3 Å².